The van der Waals surface area contributed by atoms with Crippen molar-refractivity contribution in [2.75, 3.05) is 20.1 Å². The molecule has 1 fully saturated rings. The molecular weight excluding hydrogens is 203 g/mol. The molecule has 3 heteroatoms. The van der Waals surface area contributed by atoms with E-state index in [-0.39, 0.29) is 5.82 Å². The van der Waals surface area contributed by atoms with Crippen molar-refractivity contribution in [2.45, 2.75) is 25.9 Å². The molecule has 1 aromatic rings. The zero-order valence-corrected chi connectivity index (χ0v) is 9.96. The Morgan fingerprint density at radius 3 is 3.00 bits per heavy atom. The Balaban J connectivity index is 1.91. The second kappa shape index (κ2) is 4.93. The largest absolute Gasteiger partial charge is 0.308 e. The predicted octanol–water partition coefficient (Wildman–Crippen LogP) is 1.93. The average Bonchev–Trinajstić information content (AvgIpc) is 2.66. The van der Waals surface area contributed by atoms with E-state index in [1.807, 2.05) is 19.1 Å². The molecule has 1 N–H and O–H groups in total. The van der Waals surface area contributed by atoms with Crippen molar-refractivity contribution >= 4 is 0 Å². The summed E-state index contributed by atoms with van der Waals surface area (Å²) in [6.07, 6.45) is 1.16. The molecule has 1 atom stereocenters. The summed E-state index contributed by atoms with van der Waals surface area (Å²) in [5.41, 5.74) is 1.89. The van der Waals surface area contributed by atoms with E-state index in [2.05, 4.69) is 17.3 Å². The van der Waals surface area contributed by atoms with Gasteiger partial charge in [-0.25, -0.2) is 4.39 Å². The number of rotatable bonds is 3. The number of nitrogens with one attached hydrogen (secondary N) is 1. The summed E-state index contributed by atoms with van der Waals surface area (Å²) in [4.78, 5) is 2.30. The van der Waals surface area contributed by atoms with Gasteiger partial charge in [0.15, 0.2) is 0 Å². The molecule has 88 valence electrons. The fourth-order valence-electron chi connectivity index (χ4n) is 2.19. The number of benzene rings is 1. The van der Waals surface area contributed by atoms with Crippen molar-refractivity contribution in [3.8, 4) is 0 Å². The fraction of sp³-hybridized carbons (Fsp3) is 0.538. The Kier molecular flexibility index (Phi) is 3.56. The number of hydrogen-bond donors (Lipinski definition) is 1. The van der Waals surface area contributed by atoms with E-state index in [4.69, 9.17) is 0 Å². The lowest BCUT2D eigenvalue weighted by Crippen LogP contribution is -2.31. The van der Waals surface area contributed by atoms with Crippen LogP contribution in [0.25, 0.3) is 0 Å². The number of aryl methyl sites for hydroxylation is 1. The lowest BCUT2D eigenvalue weighted by atomic mass is 10.1. The van der Waals surface area contributed by atoms with Gasteiger partial charge < -0.3 is 10.2 Å². The monoisotopic (exact) mass is 222 g/mol. The molecule has 1 unspecified atom stereocenters. The maximum absolute atomic E-state index is 13.5. The Morgan fingerprint density at radius 1 is 1.50 bits per heavy atom. The van der Waals surface area contributed by atoms with E-state index in [0.717, 1.165) is 30.6 Å². The highest BCUT2D eigenvalue weighted by molar-refractivity contribution is 5.23. The van der Waals surface area contributed by atoms with E-state index < -0.39 is 0 Å². The summed E-state index contributed by atoms with van der Waals surface area (Å²) >= 11 is 0. The van der Waals surface area contributed by atoms with Crippen molar-refractivity contribution in [1.82, 2.24) is 10.2 Å². The lowest BCUT2D eigenvalue weighted by molar-refractivity contribution is 0.397. The van der Waals surface area contributed by atoms with Crippen molar-refractivity contribution in [1.29, 1.82) is 0 Å². The molecule has 0 radical (unpaired) electrons. The molecule has 1 aliphatic heterocycles. The summed E-state index contributed by atoms with van der Waals surface area (Å²) in [6.45, 7) is 4.82. The van der Waals surface area contributed by atoms with Crippen LogP contribution in [-0.2, 0) is 6.54 Å². The molecule has 16 heavy (non-hydrogen) atoms. The second-order valence-corrected chi connectivity index (χ2v) is 4.72. The van der Waals surface area contributed by atoms with Gasteiger partial charge in [0.05, 0.1) is 0 Å². The molecule has 1 heterocycles. The molecular formula is C13H19FN2. The third-order valence-electron chi connectivity index (χ3n) is 3.17. The van der Waals surface area contributed by atoms with Gasteiger partial charge >= 0.3 is 0 Å². The Bertz CT molecular complexity index is 365. The maximum atomic E-state index is 13.5. The third kappa shape index (κ3) is 2.80. The van der Waals surface area contributed by atoms with Crippen LogP contribution >= 0.6 is 0 Å². The smallest absolute Gasteiger partial charge is 0.127 e. The van der Waals surface area contributed by atoms with Gasteiger partial charge in [-0.15, -0.1) is 0 Å². The summed E-state index contributed by atoms with van der Waals surface area (Å²) in [7, 11) is 2.12. The van der Waals surface area contributed by atoms with Crippen molar-refractivity contribution in [2.24, 2.45) is 0 Å². The van der Waals surface area contributed by atoms with E-state index in [9.17, 15) is 4.39 Å². The first-order chi connectivity index (χ1) is 7.65. The molecule has 0 amide bonds. The molecule has 1 aromatic carbocycles. The number of nitrogens with zero attached hydrogens (tertiary/aromatic N) is 1. The third-order valence-corrected chi connectivity index (χ3v) is 3.17. The molecule has 2 rings (SSSR count). The van der Waals surface area contributed by atoms with Crippen LogP contribution in [0.5, 0.6) is 0 Å². The normalized spacial score (nSPS) is 21.6. The number of halogens is 1. The first-order valence-corrected chi connectivity index (χ1v) is 5.82. The van der Waals surface area contributed by atoms with Gasteiger partial charge in [-0.2, -0.15) is 0 Å². The Hall–Kier alpha value is -0.930. The van der Waals surface area contributed by atoms with Crippen LogP contribution in [-0.4, -0.2) is 31.1 Å². The van der Waals surface area contributed by atoms with Crippen molar-refractivity contribution in [3.63, 3.8) is 0 Å². The molecule has 0 spiro atoms. The van der Waals surface area contributed by atoms with Gasteiger partial charge in [-0.1, -0.05) is 17.7 Å². The summed E-state index contributed by atoms with van der Waals surface area (Å²) in [5.74, 6) is -0.107. The molecule has 0 bridgehead atoms. The van der Waals surface area contributed by atoms with Gasteiger partial charge in [-0.05, 0) is 33.0 Å². The summed E-state index contributed by atoms with van der Waals surface area (Å²) in [6, 6.07) is 5.78. The highest BCUT2D eigenvalue weighted by atomic mass is 19.1. The van der Waals surface area contributed by atoms with Crippen LogP contribution in [0.4, 0.5) is 4.39 Å². The van der Waals surface area contributed by atoms with E-state index in [1.165, 1.54) is 0 Å². The average molecular weight is 222 g/mol. The van der Waals surface area contributed by atoms with E-state index >= 15 is 0 Å². The molecule has 0 saturated carbocycles. The van der Waals surface area contributed by atoms with Crippen LogP contribution in [0.15, 0.2) is 18.2 Å². The summed E-state index contributed by atoms with van der Waals surface area (Å²) in [5, 5.41) is 3.41. The molecule has 0 aromatic heterocycles. The van der Waals surface area contributed by atoms with Crippen LogP contribution in [0, 0.1) is 12.7 Å². The van der Waals surface area contributed by atoms with Gasteiger partial charge in [0.25, 0.3) is 0 Å². The number of hydrogen-bond acceptors (Lipinski definition) is 2. The maximum Gasteiger partial charge on any atom is 0.127 e. The second-order valence-electron chi connectivity index (χ2n) is 4.72. The Labute approximate surface area is 96.5 Å². The Morgan fingerprint density at radius 2 is 2.31 bits per heavy atom. The van der Waals surface area contributed by atoms with Crippen molar-refractivity contribution in [3.05, 3.63) is 35.1 Å². The topological polar surface area (TPSA) is 15.3 Å². The SMILES string of the molecule is Cc1ccc(F)c(CNC2CCN(C)C2)c1. The van der Waals surface area contributed by atoms with E-state index in [1.54, 1.807) is 6.07 Å². The first-order valence-electron chi connectivity index (χ1n) is 5.82. The summed E-state index contributed by atoms with van der Waals surface area (Å²) < 4.78 is 13.5. The minimum Gasteiger partial charge on any atom is -0.308 e. The zero-order chi connectivity index (χ0) is 11.5. The predicted molar refractivity (Wildman–Crippen MR) is 63.9 cm³/mol. The highest BCUT2D eigenvalue weighted by Gasteiger charge is 2.18. The molecule has 0 aliphatic carbocycles. The van der Waals surface area contributed by atoms with Crippen LogP contribution in [0.2, 0.25) is 0 Å². The fourth-order valence-corrected chi connectivity index (χ4v) is 2.19. The molecule has 1 aliphatic rings. The van der Waals surface area contributed by atoms with E-state index in [0.29, 0.717) is 12.6 Å². The van der Waals surface area contributed by atoms with Gasteiger partial charge in [0, 0.05) is 24.7 Å². The highest BCUT2D eigenvalue weighted by Crippen LogP contribution is 2.12. The number of likely N-dealkylation sites (tertiary alicyclic amines) is 1. The van der Waals surface area contributed by atoms with Crippen molar-refractivity contribution < 1.29 is 4.39 Å². The number of likely N-dealkylation sites (N-methyl/N-ethyl adjacent to an activating group) is 1. The molecule has 2 nitrogen and oxygen atoms in total. The quantitative estimate of drug-likeness (QED) is 0.840. The van der Waals surface area contributed by atoms with Gasteiger partial charge in [0.2, 0.25) is 0 Å². The first kappa shape index (κ1) is 11.6. The standard InChI is InChI=1S/C13H19FN2/c1-10-3-4-13(14)11(7-10)8-15-12-5-6-16(2)9-12/h3-4,7,12,15H,5-6,8-9H2,1-2H3. The minimum absolute atomic E-state index is 0.107. The zero-order valence-electron chi connectivity index (χ0n) is 9.96. The van der Waals surface area contributed by atoms with Gasteiger partial charge in [-0.3, -0.25) is 0 Å². The van der Waals surface area contributed by atoms with Crippen LogP contribution < -0.4 is 5.32 Å². The lowest BCUT2D eigenvalue weighted by Gasteiger charge is -2.13. The minimum atomic E-state index is -0.107. The van der Waals surface area contributed by atoms with Crippen LogP contribution in [0.1, 0.15) is 17.5 Å². The van der Waals surface area contributed by atoms with Gasteiger partial charge in [0.1, 0.15) is 5.82 Å². The molecule has 1 saturated heterocycles. The van der Waals surface area contributed by atoms with Crippen LogP contribution in [0.3, 0.4) is 0 Å².